The second kappa shape index (κ2) is 6.96. The van der Waals surface area contributed by atoms with Crippen LogP contribution in [0.15, 0.2) is 0 Å². The molecule has 0 N–H and O–H groups in total. The zero-order valence-corrected chi connectivity index (χ0v) is 10.2. The van der Waals surface area contributed by atoms with E-state index in [2.05, 4.69) is 30.6 Å². The maximum Gasteiger partial charge on any atom is 0.143 e. The second-order valence-electron chi connectivity index (χ2n) is 4.16. The Morgan fingerprint density at radius 2 is 1.86 bits per heavy atom. The summed E-state index contributed by atoms with van der Waals surface area (Å²) >= 11 is 0. The number of rotatable bonds is 7. The first-order valence-electron chi connectivity index (χ1n) is 5.39. The molecular formula is C11H24N2O. The lowest BCUT2D eigenvalue weighted by Gasteiger charge is -2.27. The van der Waals surface area contributed by atoms with Crippen molar-refractivity contribution < 1.29 is 4.79 Å². The standard InChI is InChI=1S/C11H24N2O/c1-6-13(10(2)3)8-7-12(5)9-11(4)14/h10H,6-9H2,1-5H3. The Balaban J connectivity index is 3.73. The van der Waals surface area contributed by atoms with Crippen LogP contribution >= 0.6 is 0 Å². The Hall–Kier alpha value is -0.410. The maximum atomic E-state index is 10.8. The third-order valence-corrected chi connectivity index (χ3v) is 2.40. The summed E-state index contributed by atoms with van der Waals surface area (Å²) in [6.45, 7) is 11.9. The average Bonchev–Trinajstić information content (AvgIpc) is 2.03. The maximum absolute atomic E-state index is 10.8. The predicted molar refractivity (Wildman–Crippen MR) is 60.6 cm³/mol. The molecule has 84 valence electrons. The van der Waals surface area contributed by atoms with E-state index >= 15 is 0 Å². The van der Waals surface area contributed by atoms with Crippen LogP contribution in [0.1, 0.15) is 27.7 Å². The van der Waals surface area contributed by atoms with Crippen LogP contribution in [0.3, 0.4) is 0 Å². The van der Waals surface area contributed by atoms with Crippen molar-refractivity contribution in [2.24, 2.45) is 0 Å². The van der Waals surface area contributed by atoms with Crippen molar-refractivity contribution in [2.75, 3.05) is 33.2 Å². The molecule has 0 unspecified atom stereocenters. The Kier molecular flexibility index (Phi) is 6.75. The van der Waals surface area contributed by atoms with E-state index in [9.17, 15) is 4.79 Å². The first-order valence-corrected chi connectivity index (χ1v) is 5.39. The van der Waals surface area contributed by atoms with Crippen molar-refractivity contribution in [3.05, 3.63) is 0 Å². The molecule has 0 atom stereocenters. The highest BCUT2D eigenvalue weighted by atomic mass is 16.1. The van der Waals surface area contributed by atoms with Crippen LogP contribution in [0.25, 0.3) is 0 Å². The monoisotopic (exact) mass is 200 g/mol. The summed E-state index contributed by atoms with van der Waals surface area (Å²) in [5.74, 6) is 0.236. The summed E-state index contributed by atoms with van der Waals surface area (Å²) in [6, 6.07) is 0.589. The molecule has 3 heteroatoms. The highest BCUT2D eigenvalue weighted by Crippen LogP contribution is 1.97. The number of carbonyl (C=O) groups is 1. The molecular weight excluding hydrogens is 176 g/mol. The lowest BCUT2D eigenvalue weighted by Crippen LogP contribution is -2.38. The number of likely N-dealkylation sites (N-methyl/N-ethyl adjacent to an activating group) is 2. The smallest absolute Gasteiger partial charge is 0.143 e. The number of ketones is 1. The van der Waals surface area contributed by atoms with Crippen LogP contribution in [0.5, 0.6) is 0 Å². The molecule has 0 aromatic rings. The fourth-order valence-electron chi connectivity index (χ4n) is 1.54. The molecule has 0 saturated carbocycles. The van der Waals surface area contributed by atoms with Gasteiger partial charge in [0, 0.05) is 19.1 Å². The van der Waals surface area contributed by atoms with Gasteiger partial charge in [-0.2, -0.15) is 0 Å². The summed E-state index contributed by atoms with van der Waals surface area (Å²) in [5, 5.41) is 0. The van der Waals surface area contributed by atoms with Crippen LogP contribution in [0.4, 0.5) is 0 Å². The van der Waals surface area contributed by atoms with E-state index < -0.39 is 0 Å². The minimum atomic E-state index is 0.236. The Bertz CT molecular complexity index is 169. The third kappa shape index (κ3) is 6.11. The van der Waals surface area contributed by atoms with Gasteiger partial charge in [0.15, 0.2) is 0 Å². The van der Waals surface area contributed by atoms with Gasteiger partial charge in [-0.1, -0.05) is 6.92 Å². The first kappa shape index (κ1) is 13.6. The van der Waals surface area contributed by atoms with E-state index in [0.29, 0.717) is 12.6 Å². The van der Waals surface area contributed by atoms with Crippen LogP contribution < -0.4 is 0 Å². The van der Waals surface area contributed by atoms with Gasteiger partial charge in [0.05, 0.1) is 6.54 Å². The predicted octanol–water partition coefficient (Wildman–Crippen LogP) is 1.24. The molecule has 0 heterocycles. The van der Waals surface area contributed by atoms with Crippen LogP contribution in [-0.2, 0) is 4.79 Å². The number of nitrogens with zero attached hydrogens (tertiary/aromatic N) is 2. The number of Topliss-reactive ketones (excluding diaryl/α,β-unsaturated/α-hetero) is 1. The minimum Gasteiger partial charge on any atom is -0.300 e. The highest BCUT2D eigenvalue weighted by molar-refractivity contribution is 5.77. The number of hydrogen-bond acceptors (Lipinski definition) is 3. The SMILES string of the molecule is CCN(CCN(C)CC(C)=O)C(C)C. The summed E-state index contributed by atoms with van der Waals surface area (Å²) in [5.41, 5.74) is 0. The second-order valence-corrected chi connectivity index (χ2v) is 4.16. The van der Waals surface area contributed by atoms with Gasteiger partial charge < -0.3 is 0 Å². The summed E-state index contributed by atoms with van der Waals surface area (Å²) in [7, 11) is 2.00. The van der Waals surface area contributed by atoms with Gasteiger partial charge in [-0.05, 0) is 34.4 Å². The van der Waals surface area contributed by atoms with Crippen LogP contribution in [-0.4, -0.2) is 54.9 Å². The van der Waals surface area contributed by atoms with Gasteiger partial charge in [0.1, 0.15) is 5.78 Å². The topological polar surface area (TPSA) is 23.6 Å². The van der Waals surface area contributed by atoms with E-state index in [-0.39, 0.29) is 5.78 Å². The van der Waals surface area contributed by atoms with Crippen LogP contribution in [0.2, 0.25) is 0 Å². The molecule has 0 aromatic carbocycles. The first-order chi connectivity index (χ1) is 6.47. The molecule has 0 radical (unpaired) electrons. The van der Waals surface area contributed by atoms with Gasteiger partial charge in [0.2, 0.25) is 0 Å². The zero-order chi connectivity index (χ0) is 11.1. The van der Waals surface area contributed by atoms with Crippen molar-refractivity contribution >= 4 is 5.78 Å². The molecule has 3 nitrogen and oxygen atoms in total. The minimum absolute atomic E-state index is 0.236. The molecule has 0 rings (SSSR count). The zero-order valence-electron chi connectivity index (χ0n) is 10.2. The third-order valence-electron chi connectivity index (χ3n) is 2.40. The van der Waals surface area contributed by atoms with Gasteiger partial charge >= 0.3 is 0 Å². The lowest BCUT2D eigenvalue weighted by atomic mass is 10.3. The van der Waals surface area contributed by atoms with Gasteiger partial charge in [-0.25, -0.2) is 0 Å². The van der Waals surface area contributed by atoms with E-state index in [0.717, 1.165) is 19.6 Å². The van der Waals surface area contributed by atoms with Crippen molar-refractivity contribution in [2.45, 2.75) is 33.7 Å². The molecule has 14 heavy (non-hydrogen) atoms. The Labute approximate surface area is 88.1 Å². The van der Waals surface area contributed by atoms with Gasteiger partial charge in [0.25, 0.3) is 0 Å². The molecule has 0 spiro atoms. The summed E-state index contributed by atoms with van der Waals surface area (Å²) in [4.78, 5) is 15.3. The molecule has 0 bridgehead atoms. The fourth-order valence-corrected chi connectivity index (χ4v) is 1.54. The van der Waals surface area contributed by atoms with E-state index in [1.807, 2.05) is 7.05 Å². The van der Waals surface area contributed by atoms with Crippen LogP contribution in [0, 0.1) is 0 Å². The van der Waals surface area contributed by atoms with E-state index in [4.69, 9.17) is 0 Å². The fraction of sp³-hybridized carbons (Fsp3) is 0.909. The molecule has 0 aliphatic carbocycles. The van der Waals surface area contributed by atoms with Crippen molar-refractivity contribution in [3.8, 4) is 0 Å². The summed E-state index contributed by atoms with van der Waals surface area (Å²) in [6.07, 6.45) is 0. The summed E-state index contributed by atoms with van der Waals surface area (Å²) < 4.78 is 0. The molecule has 0 saturated heterocycles. The lowest BCUT2D eigenvalue weighted by molar-refractivity contribution is -0.117. The molecule has 0 aliphatic heterocycles. The highest BCUT2D eigenvalue weighted by Gasteiger charge is 2.08. The Morgan fingerprint density at radius 3 is 2.21 bits per heavy atom. The molecule has 0 aliphatic rings. The van der Waals surface area contributed by atoms with E-state index in [1.54, 1.807) is 6.92 Å². The molecule has 0 aromatic heterocycles. The largest absolute Gasteiger partial charge is 0.300 e. The van der Waals surface area contributed by atoms with Crippen molar-refractivity contribution in [1.29, 1.82) is 0 Å². The van der Waals surface area contributed by atoms with E-state index in [1.165, 1.54) is 0 Å². The Morgan fingerprint density at radius 1 is 1.29 bits per heavy atom. The van der Waals surface area contributed by atoms with Crippen molar-refractivity contribution in [3.63, 3.8) is 0 Å². The molecule has 0 amide bonds. The normalized spacial score (nSPS) is 11.7. The number of hydrogen-bond donors (Lipinski definition) is 0. The quantitative estimate of drug-likeness (QED) is 0.618. The average molecular weight is 200 g/mol. The number of carbonyl (C=O) groups excluding carboxylic acids is 1. The van der Waals surface area contributed by atoms with Crippen molar-refractivity contribution in [1.82, 2.24) is 9.80 Å². The van der Waals surface area contributed by atoms with Gasteiger partial charge in [-0.3, -0.25) is 14.6 Å². The molecule has 0 fully saturated rings. The van der Waals surface area contributed by atoms with Gasteiger partial charge in [-0.15, -0.1) is 0 Å².